The first kappa shape index (κ1) is 20.4. The van der Waals surface area contributed by atoms with Gasteiger partial charge in [-0.2, -0.15) is 9.12 Å². The van der Waals surface area contributed by atoms with Gasteiger partial charge in [0.15, 0.2) is 6.29 Å². The molecule has 2 N–H and O–H groups in total. The van der Waals surface area contributed by atoms with Crippen molar-refractivity contribution in [1.29, 1.82) is 2.77 Å². The zero-order valence-electron chi connectivity index (χ0n) is 18.2. The molecule has 0 aromatic carbocycles. The molecule has 25 heavy (non-hydrogen) atoms. The van der Waals surface area contributed by atoms with Crippen molar-refractivity contribution in [2.45, 2.75) is 78.4 Å². The van der Waals surface area contributed by atoms with Gasteiger partial charge in [0.25, 0.3) is 0 Å². The van der Waals surface area contributed by atoms with E-state index in [9.17, 15) is 5.11 Å². The van der Waals surface area contributed by atoms with E-state index < -0.39 is 18.3 Å². The normalized spacial score (nSPS) is 48.7. The van der Waals surface area contributed by atoms with E-state index in [4.69, 9.17) is 17.0 Å². The van der Waals surface area contributed by atoms with Crippen LogP contribution in [0.2, 0.25) is 0 Å². The topological polar surface area (TPSA) is 68.2 Å². The van der Waals surface area contributed by atoms with E-state index in [0.717, 1.165) is 0 Å². The Morgan fingerprint density at radius 3 is 2.24 bits per heavy atom. The van der Waals surface area contributed by atoms with Gasteiger partial charge in [0.1, 0.15) is 12.2 Å². The molecule has 0 aromatic rings. The van der Waals surface area contributed by atoms with Gasteiger partial charge in [0.05, 0.1) is 24.9 Å². The summed E-state index contributed by atoms with van der Waals surface area (Å²) in [6.45, 7) is 12.5. The highest BCUT2D eigenvalue weighted by molar-refractivity contribution is 8.20. The molecule has 11 unspecified atom stereocenters. The van der Waals surface area contributed by atoms with E-state index >= 15 is 0 Å². The third kappa shape index (κ3) is 5.81. The second-order valence-electron chi connectivity index (χ2n) is 7.43. The molecule has 0 saturated carbocycles. The third-order valence-electron chi connectivity index (χ3n) is 6.00. The summed E-state index contributed by atoms with van der Waals surface area (Å²) in [5.74, 6) is 1.10. The number of ether oxygens (including phenoxy) is 3. The molecule has 2 saturated heterocycles. The fraction of sp³-hybridized carbons (Fsp3) is 1.00. The van der Waals surface area contributed by atoms with Crippen LogP contribution in [0.4, 0.5) is 0 Å². The first-order valence-corrected chi connectivity index (χ1v) is 10.3. The van der Waals surface area contributed by atoms with Crippen molar-refractivity contribution < 1.29 is 24.4 Å². The van der Waals surface area contributed by atoms with E-state index in [0.29, 0.717) is 11.8 Å². The van der Waals surface area contributed by atoms with Crippen molar-refractivity contribution in [3.63, 3.8) is 0 Å². The summed E-state index contributed by atoms with van der Waals surface area (Å²) in [5.41, 5.74) is 0. The van der Waals surface area contributed by atoms with Crippen LogP contribution in [0.5, 0.6) is 0 Å². The summed E-state index contributed by atoms with van der Waals surface area (Å²) in [6.07, 6.45) is -2.36. The molecule has 0 aromatic heterocycles. The largest absolute Gasteiger partial charge is 0.394 e. The lowest BCUT2D eigenvalue weighted by Gasteiger charge is -2.47. The standard InChI is InChI=1S/C17H32O5.BH4PS/c1-8-9(2)12(5)21-17(10(8)3)22-16-14(7-18)20-13(6)11(4)15(16)19;2-1-3/h8-19H,7H2,1-6H3;1,3H,2H2/i18T;1D. The monoisotopic (exact) mass is 397 g/mol. The molecule has 8 heteroatoms. The van der Waals surface area contributed by atoms with Crippen molar-refractivity contribution in [2.75, 3.05) is 6.61 Å². The van der Waals surface area contributed by atoms with E-state index in [2.05, 4.69) is 54.4 Å². The Labute approximate surface area is 164 Å². The minimum absolute atomic E-state index is 0.0466. The molecule has 0 radical (unpaired) electrons. The fourth-order valence-electron chi connectivity index (χ4n) is 3.50. The van der Waals surface area contributed by atoms with Crippen LogP contribution in [0.1, 0.15) is 41.5 Å². The minimum Gasteiger partial charge on any atom is -0.394 e. The lowest BCUT2D eigenvalue weighted by Crippen LogP contribution is -2.58. The highest BCUT2D eigenvalue weighted by Crippen LogP contribution is 2.37. The molecule has 148 valence electrons. The lowest BCUT2D eigenvalue weighted by molar-refractivity contribution is -0.307. The number of hydrogen-bond acceptors (Lipinski definition) is 6. The molecular weight excluding hydrogens is 358 g/mol. The van der Waals surface area contributed by atoms with Crippen molar-refractivity contribution in [1.82, 2.24) is 0 Å². The van der Waals surface area contributed by atoms with Gasteiger partial charge in [-0.05, 0) is 27.0 Å². The van der Waals surface area contributed by atoms with E-state index in [1.54, 1.807) is 0 Å². The van der Waals surface area contributed by atoms with Crippen LogP contribution in [-0.4, -0.2) is 62.6 Å². The number of hydrogen-bond donors (Lipinski definition) is 3. The molecular formula is C17H36BO5PS. The van der Waals surface area contributed by atoms with Gasteiger partial charge in [0, 0.05) is 11.8 Å². The highest BCUT2D eigenvalue weighted by Gasteiger charge is 2.46. The Hall–Kier alpha value is 0.645. The second kappa shape index (κ2) is 10.8. The number of rotatable bonds is 4. The predicted octanol–water partition coefficient (Wildman–Crippen LogP) is 1.86. The van der Waals surface area contributed by atoms with Crippen LogP contribution >= 0.6 is 21.6 Å². The minimum atomic E-state index is -0.667. The molecule has 2 heterocycles. The van der Waals surface area contributed by atoms with Gasteiger partial charge in [-0.15, -0.1) is 0 Å². The van der Waals surface area contributed by atoms with E-state index in [-0.39, 0.29) is 43.2 Å². The summed E-state index contributed by atoms with van der Waals surface area (Å²) in [5, 5.41) is 15.1. The maximum atomic E-state index is 10.6. The van der Waals surface area contributed by atoms with Gasteiger partial charge in [-0.1, -0.05) is 27.7 Å². The molecule has 2 rings (SSSR count). The second-order valence-corrected chi connectivity index (χ2v) is 8.63. The first-order valence-electron chi connectivity index (χ1n) is 10.1. The number of thiol groups is 1. The Balaban J connectivity index is 0.000000828. The molecule has 0 spiro atoms. The molecule has 0 bridgehead atoms. The lowest BCUT2D eigenvalue weighted by atomic mass is 9.79. The maximum Gasteiger partial charge on any atom is 0.210 e. The number of aliphatic hydroxyl groups is 2. The Morgan fingerprint density at radius 1 is 1.12 bits per heavy atom. The zero-order valence-corrected chi connectivity index (χ0v) is 18.2. The third-order valence-corrected chi connectivity index (χ3v) is 6.00. The van der Waals surface area contributed by atoms with Gasteiger partial charge in [-0.25, -0.2) is 12.5 Å². The Kier molecular flexibility index (Phi) is 8.84. The van der Waals surface area contributed by atoms with Crippen LogP contribution < -0.4 is 0 Å². The van der Waals surface area contributed by atoms with Crippen LogP contribution in [0.25, 0.3) is 0 Å². The van der Waals surface area contributed by atoms with E-state index in [1.807, 2.05) is 13.8 Å². The predicted molar refractivity (Wildman–Crippen MR) is 109 cm³/mol. The highest BCUT2D eigenvalue weighted by atomic mass is 32.1. The average molecular weight is 397 g/mol. The van der Waals surface area contributed by atoms with E-state index in [1.165, 1.54) is 0 Å². The van der Waals surface area contributed by atoms with Gasteiger partial charge < -0.3 is 24.4 Å². The summed E-state index contributed by atoms with van der Waals surface area (Å²) in [4.78, 5) is 0. The zero-order chi connectivity index (χ0) is 20.9. The first-order chi connectivity index (χ1) is 12.5. The quantitative estimate of drug-likeness (QED) is 0.384. The average Bonchev–Trinajstić information content (AvgIpc) is 2.58. The summed E-state index contributed by atoms with van der Waals surface area (Å²) < 4.78 is 31.5. The van der Waals surface area contributed by atoms with Crippen molar-refractivity contribution in [3.05, 3.63) is 0 Å². The molecule has 0 amide bonds. The molecule has 0 aliphatic carbocycles. The summed E-state index contributed by atoms with van der Waals surface area (Å²) in [6, 6.07) is 0. The van der Waals surface area contributed by atoms with Gasteiger partial charge in [0.2, 0.25) is 7.67 Å². The van der Waals surface area contributed by atoms with Crippen molar-refractivity contribution in [2.24, 2.45) is 23.7 Å². The Morgan fingerprint density at radius 2 is 1.68 bits per heavy atom. The summed E-state index contributed by atoms with van der Waals surface area (Å²) in [7, 11) is 2.19. The SMILES string of the molecule is [2H]B(P)S.[3H]OCC1OC(C)C(C)C(O)C1OC1OC(C)C(C)C(C)C1C. The van der Waals surface area contributed by atoms with Gasteiger partial charge >= 0.3 is 0 Å². The molecule has 2 aliphatic rings. The molecule has 5 nitrogen and oxygen atoms in total. The fourth-order valence-corrected chi connectivity index (χ4v) is 3.50. The van der Waals surface area contributed by atoms with Crippen LogP contribution in [0, 0.1) is 23.7 Å². The van der Waals surface area contributed by atoms with Crippen LogP contribution in [0.15, 0.2) is 0 Å². The summed E-state index contributed by atoms with van der Waals surface area (Å²) >= 11 is 3.60. The molecule has 2 fully saturated rings. The molecule has 11 atom stereocenters. The smallest absolute Gasteiger partial charge is 0.210 e. The Bertz CT molecular complexity index is 439. The van der Waals surface area contributed by atoms with Crippen LogP contribution in [-0.2, 0) is 14.2 Å². The van der Waals surface area contributed by atoms with Crippen molar-refractivity contribution in [3.8, 4) is 0 Å². The van der Waals surface area contributed by atoms with Crippen molar-refractivity contribution >= 4 is 27.8 Å². The van der Waals surface area contributed by atoms with Crippen LogP contribution in [0.3, 0.4) is 0 Å². The number of aliphatic hydroxyl groups excluding tert-OH is 2. The maximum absolute atomic E-state index is 10.6. The molecule has 2 aliphatic heterocycles. The van der Waals surface area contributed by atoms with Gasteiger partial charge in [-0.3, -0.25) is 0 Å².